The molecule has 0 unspecified atom stereocenters. The highest BCUT2D eigenvalue weighted by atomic mass is 16.5. The summed E-state index contributed by atoms with van der Waals surface area (Å²) in [6.07, 6.45) is 21.0. The van der Waals surface area contributed by atoms with Gasteiger partial charge in [-0.1, -0.05) is 96.8 Å². The van der Waals surface area contributed by atoms with Gasteiger partial charge >= 0.3 is 5.97 Å². The lowest BCUT2D eigenvalue weighted by atomic mass is 10.0. The number of hydrogen-bond donors (Lipinski definition) is 1. The average molecular weight is 356 g/mol. The zero-order valence-corrected chi connectivity index (χ0v) is 16.5. The van der Waals surface area contributed by atoms with Gasteiger partial charge in [-0.2, -0.15) is 0 Å². The molecule has 0 bridgehead atoms. The molecule has 0 aliphatic rings. The van der Waals surface area contributed by atoms with Crippen molar-refractivity contribution in [2.75, 3.05) is 13.2 Å². The Hall–Kier alpha value is -1.06. The standard InChI is InChI=1S/C21H41NO3/c1-2-3-4-5-6-7-8-9-10-11-12-13-14-15-16-17-21(24)25-19-18-22-20-23/h20H,2-19H2,1H3,(H,22,23). The van der Waals surface area contributed by atoms with Crippen LogP contribution in [-0.2, 0) is 14.3 Å². The summed E-state index contributed by atoms with van der Waals surface area (Å²) in [5.74, 6) is -0.151. The molecule has 0 heterocycles. The molecule has 0 aliphatic carbocycles. The van der Waals surface area contributed by atoms with Crippen LogP contribution in [0.1, 0.15) is 110 Å². The Morgan fingerprint density at radius 1 is 0.760 bits per heavy atom. The van der Waals surface area contributed by atoms with Crippen LogP contribution in [-0.4, -0.2) is 25.5 Å². The molecule has 4 nitrogen and oxygen atoms in total. The van der Waals surface area contributed by atoms with Crippen molar-refractivity contribution in [3.63, 3.8) is 0 Å². The Bertz CT molecular complexity index is 295. The van der Waals surface area contributed by atoms with Gasteiger partial charge in [0.1, 0.15) is 6.61 Å². The van der Waals surface area contributed by atoms with Gasteiger partial charge in [0.05, 0.1) is 6.54 Å². The van der Waals surface area contributed by atoms with E-state index in [1.807, 2.05) is 0 Å². The second-order valence-corrected chi connectivity index (χ2v) is 6.99. The molecule has 0 aromatic carbocycles. The molecule has 0 aliphatic heterocycles. The van der Waals surface area contributed by atoms with Crippen molar-refractivity contribution in [1.82, 2.24) is 5.32 Å². The van der Waals surface area contributed by atoms with Gasteiger partial charge in [0.2, 0.25) is 6.41 Å². The predicted octanol–water partition coefficient (Wildman–Crippen LogP) is 5.54. The molecular formula is C21H41NO3. The Balaban J connectivity index is 3.09. The van der Waals surface area contributed by atoms with Crippen LogP contribution in [0.4, 0.5) is 0 Å². The molecule has 0 aromatic rings. The summed E-state index contributed by atoms with van der Waals surface area (Å²) >= 11 is 0. The molecule has 148 valence electrons. The van der Waals surface area contributed by atoms with Crippen LogP contribution < -0.4 is 5.32 Å². The van der Waals surface area contributed by atoms with Crippen LogP contribution >= 0.6 is 0 Å². The molecule has 1 N–H and O–H groups in total. The van der Waals surface area contributed by atoms with Gasteiger partial charge < -0.3 is 10.1 Å². The van der Waals surface area contributed by atoms with Crippen molar-refractivity contribution >= 4 is 12.4 Å². The van der Waals surface area contributed by atoms with E-state index < -0.39 is 0 Å². The van der Waals surface area contributed by atoms with E-state index in [0.717, 1.165) is 12.8 Å². The first-order valence-corrected chi connectivity index (χ1v) is 10.6. The van der Waals surface area contributed by atoms with Gasteiger partial charge in [-0.3, -0.25) is 9.59 Å². The molecule has 0 aromatic heterocycles. The Labute approximate surface area is 155 Å². The fourth-order valence-electron chi connectivity index (χ4n) is 3.00. The summed E-state index contributed by atoms with van der Waals surface area (Å²) in [7, 11) is 0. The summed E-state index contributed by atoms with van der Waals surface area (Å²) in [4.78, 5) is 21.4. The minimum atomic E-state index is -0.151. The van der Waals surface area contributed by atoms with E-state index in [9.17, 15) is 9.59 Å². The summed E-state index contributed by atoms with van der Waals surface area (Å²) in [5, 5.41) is 2.47. The van der Waals surface area contributed by atoms with E-state index in [-0.39, 0.29) is 12.6 Å². The highest BCUT2D eigenvalue weighted by Crippen LogP contribution is 2.13. The third-order valence-electron chi connectivity index (χ3n) is 4.58. The maximum Gasteiger partial charge on any atom is 0.305 e. The smallest absolute Gasteiger partial charge is 0.305 e. The van der Waals surface area contributed by atoms with Crippen molar-refractivity contribution in [3.8, 4) is 0 Å². The molecule has 25 heavy (non-hydrogen) atoms. The number of rotatable bonds is 20. The Kier molecular flexibility index (Phi) is 20.1. The highest BCUT2D eigenvalue weighted by molar-refractivity contribution is 5.69. The number of nitrogens with one attached hydrogen (secondary N) is 1. The number of hydrogen-bond acceptors (Lipinski definition) is 3. The number of carbonyl (C=O) groups is 2. The van der Waals surface area contributed by atoms with Crippen LogP contribution in [0.25, 0.3) is 0 Å². The SMILES string of the molecule is CCCCCCCCCCCCCCCCCC(=O)OCCNC=O. The number of ether oxygens (including phenoxy) is 1. The normalized spacial score (nSPS) is 10.6. The molecule has 0 saturated heterocycles. The highest BCUT2D eigenvalue weighted by Gasteiger charge is 2.02. The molecular weight excluding hydrogens is 314 g/mol. The molecule has 0 saturated carbocycles. The largest absolute Gasteiger partial charge is 0.464 e. The van der Waals surface area contributed by atoms with Gasteiger partial charge in [0, 0.05) is 6.42 Å². The first kappa shape index (κ1) is 23.9. The number of amides is 1. The average Bonchev–Trinajstić information content (AvgIpc) is 2.62. The van der Waals surface area contributed by atoms with Crippen molar-refractivity contribution in [2.45, 2.75) is 110 Å². The first-order chi connectivity index (χ1) is 12.3. The van der Waals surface area contributed by atoms with Gasteiger partial charge in [-0.25, -0.2) is 0 Å². The van der Waals surface area contributed by atoms with E-state index in [1.54, 1.807) is 0 Å². The molecule has 0 atom stereocenters. The second-order valence-electron chi connectivity index (χ2n) is 6.99. The fraction of sp³-hybridized carbons (Fsp3) is 0.905. The van der Waals surface area contributed by atoms with E-state index in [0.29, 0.717) is 19.4 Å². The zero-order chi connectivity index (χ0) is 18.4. The fourth-order valence-corrected chi connectivity index (χ4v) is 3.00. The summed E-state index contributed by atoms with van der Waals surface area (Å²) in [6.45, 7) is 2.94. The van der Waals surface area contributed by atoms with Crippen LogP contribution in [0.15, 0.2) is 0 Å². The number of carbonyl (C=O) groups excluding carboxylic acids is 2. The second kappa shape index (κ2) is 21.0. The lowest BCUT2D eigenvalue weighted by Crippen LogP contribution is -2.19. The summed E-state index contributed by atoms with van der Waals surface area (Å²) in [5.41, 5.74) is 0. The number of esters is 1. The quantitative estimate of drug-likeness (QED) is 0.177. The van der Waals surface area contributed by atoms with Crippen LogP contribution in [0.2, 0.25) is 0 Å². The lowest BCUT2D eigenvalue weighted by molar-refractivity contribution is -0.143. The van der Waals surface area contributed by atoms with E-state index in [1.165, 1.54) is 83.5 Å². The van der Waals surface area contributed by atoms with Crippen LogP contribution in [0.3, 0.4) is 0 Å². The maximum absolute atomic E-state index is 11.4. The minimum Gasteiger partial charge on any atom is -0.464 e. The number of unbranched alkanes of at least 4 members (excludes halogenated alkanes) is 14. The van der Waals surface area contributed by atoms with Crippen molar-refractivity contribution in [2.24, 2.45) is 0 Å². The van der Waals surface area contributed by atoms with Crippen LogP contribution in [0, 0.1) is 0 Å². The van der Waals surface area contributed by atoms with Gasteiger partial charge in [0.15, 0.2) is 0 Å². The molecule has 0 radical (unpaired) electrons. The first-order valence-electron chi connectivity index (χ1n) is 10.6. The third kappa shape index (κ3) is 20.9. The van der Waals surface area contributed by atoms with Gasteiger partial charge in [-0.05, 0) is 6.42 Å². The monoisotopic (exact) mass is 355 g/mol. The molecule has 0 fully saturated rings. The Morgan fingerprint density at radius 2 is 1.20 bits per heavy atom. The lowest BCUT2D eigenvalue weighted by Gasteiger charge is -2.05. The van der Waals surface area contributed by atoms with Crippen molar-refractivity contribution in [1.29, 1.82) is 0 Å². The van der Waals surface area contributed by atoms with Gasteiger partial charge in [-0.15, -0.1) is 0 Å². The Morgan fingerprint density at radius 3 is 1.64 bits per heavy atom. The molecule has 0 rings (SSSR count). The van der Waals surface area contributed by atoms with Crippen molar-refractivity contribution in [3.05, 3.63) is 0 Å². The summed E-state index contributed by atoms with van der Waals surface area (Å²) in [6, 6.07) is 0. The zero-order valence-electron chi connectivity index (χ0n) is 16.5. The predicted molar refractivity (Wildman–Crippen MR) is 105 cm³/mol. The van der Waals surface area contributed by atoms with Gasteiger partial charge in [0.25, 0.3) is 0 Å². The molecule has 1 amide bonds. The van der Waals surface area contributed by atoms with E-state index >= 15 is 0 Å². The van der Waals surface area contributed by atoms with E-state index in [2.05, 4.69) is 12.2 Å². The topological polar surface area (TPSA) is 55.4 Å². The third-order valence-corrected chi connectivity index (χ3v) is 4.58. The van der Waals surface area contributed by atoms with Crippen LogP contribution in [0.5, 0.6) is 0 Å². The van der Waals surface area contributed by atoms with E-state index in [4.69, 9.17) is 4.74 Å². The molecule has 0 spiro atoms. The molecule has 4 heteroatoms. The summed E-state index contributed by atoms with van der Waals surface area (Å²) < 4.78 is 5.00. The van der Waals surface area contributed by atoms with Crippen molar-refractivity contribution < 1.29 is 14.3 Å². The minimum absolute atomic E-state index is 0.151. The maximum atomic E-state index is 11.4.